The van der Waals surface area contributed by atoms with E-state index in [1.54, 1.807) is 0 Å². The molecule has 5 rings (SSSR count). The first kappa shape index (κ1) is 22.7. The summed E-state index contributed by atoms with van der Waals surface area (Å²) < 4.78 is 3.24. The standard InChI is InChI=1S/C28H23BrN2O2S/c1-17-12-24(10-11-25(17)29)31-18(2)13-23(19(31)3)15-26-27(32)30(28(33)34-26)16-20-8-9-21-6-4-5-7-22(21)14-20/h4-15H,16H2,1-3H3/b26-15-. The Labute approximate surface area is 211 Å². The Bertz CT molecular complexity index is 1500. The van der Waals surface area contributed by atoms with Crippen molar-refractivity contribution in [1.29, 1.82) is 0 Å². The number of rotatable bonds is 4. The molecule has 3 aromatic carbocycles. The molecule has 0 radical (unpaired) electrons. The fourth-order valence-corrected chi connectivity index (χ4v) is 5.47. The van der Waals surface area contributed by atoms with E-state index >= 15 is 0 Å². The monoisotopic (exact) mass is 530 g/mol. The average Bonchev–Trinajstić information content (AvgIpc) is 3.24. The number of thioether (sulfide) groups is 1. The Morgan fingerprint density at radius 1 is 0.912 bits per heavy atom. The van der Waals surface area contributed by atoms with Crippen LogP contribution in [0.5, 0.6) is 0 Å². The van der Waals surface area contributed by atoms with Crippen molar-refractivity contribution in [1.82, 2.24) is 9.47 Å². The van der Waals surface area contributed by atoms with Crippen LogP contribution in [-0.4, -0.2) is 20.6 Å². The molecule has 4 aromatic rings. The number of hydrogen-bond donors (Lipinski definition) is 0. The van der Waals surface area contributed by atoms with Crippen molar-refractivity contribution in [2.45, 2.75) is 27.3 Å². The normalized spacial score (nSPS) is 15.2. The number of imide groups is 1. The molecular formula is C28H23BrN2O2S. The molecule has 2 amide bonds. The van der Waals surface area contributed by atoms with Gasteiger partial charge in [-0.15, -0.1) is 0 Å². The first-order valence-corrected chi connectivity index (χ1v) is 12.6. The van der Waals surface area contributed by atoms with Crippen LogP contribution in [0.1, 0.15) is 28.1 Å². The van der Waals surface area contributed by atoms with E-state index in [4.69, 9.17) is 0 Å². The number of carbonyl (C=O) groups is 2. The van der Waals surface area contributed by atoms with Crippen LogP contribution in [0.15, 0.2) is 76.1 Å². The van der Waals surface area contributed by atoms with Gasteiger partial charge in [0, 0.05) is 21.5 Å². The van der Waals surface area contributed by atoms with Crippen molar-refractivity contribution in [3.8, 4) is 5.69 Å². The van der Waals surface area contributed by atoms with Gasteiger partial charge in [0.1, 0.15) is 0 Å². The molecule has 0 atom stereocenters. The Morgan fingerprint density at radius 3 is 2.44 bits per heavy atom. The largest absolute Gasteiger partial charge is 0.318 e. The SMILES string of the molecule is Cc1cc(-n2c(C)cc(/C=C3\SC(=O)N(Cc4ccc5ccccc5c4)C3=O)c2C)ccc1Br. The number of hydrogen-bond acceptors (Lipinski definition) is 3. The lowest BCUT2D eigenvalue weighted by Crippen LogP contribution is -2.27. The summed E-state index contributed by atoms with van der Waals surface area (Å²) in [6, 6.07) is 22.4. The molecule has 1 aliphatic rings. The molecule has 0 bridgehead atoms. The summed E-state index contributed by atoms with van der Waals surface area (Å²) in [7, 11) is 0. The van der Waals surface area contributed by atoms with E-state index < -0.39 is 0 Å². The van der Waals surface area contributed by atoms with Crippen LogP contribution in [0.3, 0.4) is 0 Å². The number of amides is 2. The van der Waals surface area contributed by atoms with E-state index in [2.05, 4.69) is 45.6 Å². The number of fused-ring (bicyclic) bond motifs is 1. The summed E-state index contributed by atoms with van der Waals surface area (Å²) in [5, 5.41) is 2.00. The maximum atomic E-state index is 13.1. The number of aryl methyl sites for hydroxylation is 2. The Balaban J connectivity index is 1.43. The van der Waals surface area contributed by atoms with Gasteiger partial charge in [0.15, 0.2) is 0 Å². The molecule has 0 spiro atoms. The van der Waals surface area contributed by atoms with Crippen molar-refractivity contribution >= 4 is 55.7 Å². The summed E-state index contributed by atoms with van der Waals surface area (Å²) in [6.07, 6.45) is 1.84. The zero-order valence-corrected chi connectivity index (χ0v) is 21.5. The second-order valence-corrected chi connectivity index (χ2v) is 10.4. The number of benzene rings is 3. The first-order chi connectivity index (χ1) is 16.3. The molecule has 1 saturated heterocycles. The van der Waals surface area contributed by atoms with E-state index in [1.165, 1.54) is 4.90 Å². The molecule has 0 saturated carbocycles. The van der Waals surface area contributed by atoms with Crippen LogP contribution in [0.2, 0.25) is 0 Å². The fourth-order valence-electron chi connectivity index (χ4n) is 4.40. The molecule has 1 aromatic heterocycles. The highest BCUT2D eigenvalue weighted by atomic mass is 79.9. The quantitative estimate of drug-likeness (QED) is 0.255. The third kappa shape index (κ3) is 4.12. The predicted octanol–water partition coefficient (Wildman–Crippen LogP) is 7.55. The second-order valence-electron chi connectivity index (χ2n) is 8.54. The molecule has 1 fully saturated rings. The van der Waals surface area contributed by atoms with Crippen molar-refractivity contribution in [2.75, 3.05) is 0 Å². The van der Waals surface area contributed by atoms with Crippen LogP contribution in [0.4, 0.5) is 4.79 Å². The van der Waals surface area contributed by atoms with Crippen LogP contribution >= 0.6 is 27.7 Å². The molecular weight excluding hydrogens is 508 g/mol. The maximum absolute atomic E-state index is 13.1. The highest BCUT2D eigenvalue weighted by Gasteiger charge is 2.35. The lowest BCUT2D eigenvalue weighted by Gasteiger charge is -2.13. The molecule has 1 aliphatic heterocycles. The van der Waals surface area contributed by atoms with Crippen LogP contribution < -0.4 is 0 Å². The van der Waals surface area contributed by atoms with Crippen LogP contribution in [0.25, 0.3) is 22.5 Å². The van der Waals surface area contributed by atoms with Crippen LogP contribution in [-0.2, 0) is 11.3 Å². The van der Waals surface area contributed by atoms with Gasteiger partial charge in [-0.25, -0.2) is 0 Å². The molecule has 34 heavy (non-hydrogen) atoms. The minimum Gasteiger partial charge on any atom is -0.318 e. The second kappa shape index (κ2) is 8.93. The minimum atomic E-state index is -0.243. The number of nitrogens with zero attached hydrogens (tertiary/aromatic N) is 2. The van der Waals surface area contributed by atoms with Crippen molar-refractivity contribution < 1.29 is 9.59 Å². The van der Waals surface area contributed by atoms with Gasteiger partial charge in [0.25, 0.3) is 11.1 Å². The highest BCUT2D eigenvalue weighted by Crippen LogP contribution is 2.35. The Hall–Kier alpha value is -3.09. The summed E-state index contributed by atoms with van der Waals surface area (Å²) in [4.78, 5) is 27.7. The summed E-state index contributed by atoms with van der Waals surface area (Å²) >= 11 is 4.57. The number of halogens is 1. The van der Waals surface area contributed by atoms with Gasteiger partial charge in [-0.1, -0.05) is 52.3 Å². The van der Waals surface area contributed by atoms with Crippen LogP contribution in [0, 0.1) is 20.8 Å². The third-order valence-corrected chi connectivity index (χ3v) is 7.98. The van der Waals surface area contributed by atoms with E-state index in [1.807, 2.05) is 68.5 Å². The maximum Gasteiger partial charge on any atom is 0.293 e. The van der Waals surface area contributed by atoms with E-state index in [0.717, 1.165) is 60.8 Å². The van der Waals surface area contributed by atoms with Gasteiger partial charge in [-0.3, -0.25) is 14.5 Å². The van der Waals surface area contributed by atoms with Gasteiger partial charge in [0.05, 0.1) is 11.4 Å². The van der Waals surface area contributed by atoms with E-state index in [-0.39, 0.29) is 17.7 Å². The molecule has 0 N–H and O–H groups in total. The lowest BCUT2D eigenvalue weighted by molar-refractivity contribution is -0.123. The predicted molar refractivity (Wildman–Crippen MR) is 143 cm³/mol. The van der Waals surface area contributed by atoms with Crippen molar-refractivity contribution in [3.63, 3.8) is 0 Å². The Kier molecular flexibility index (Phi) is 5.96. The van der Waals surface area contributed by atoms with E-state index in [9.17, 15) is 9.59 Å². The lowest BCUT2D eigenvalue weighted by atomic mass is 10.1. The topological polar surface area (TPSA) is 42.3 Å². The zero-order chi connectivity index (χ0) is 24.0. The third-order valence-electron chi connectivity index (χ3n) is 6.18. The first-order valence-electron chi connectivity index (χ1n) is 11.0. The van der Waals surface area contributed by atoms with Crippen molar-refractivity contribution in [2.24, 2.45) is 0 Å². The molecule has 4 nitrogen and oxygen atoms in total. The molecule has 0 unspecified atom stereocenters. The molecule has 6 heteroatoms. The van der Waals surface area contributed by atoms with Gasteiger partial charge >= 0.3 is 0 Å². The van der Waals surface area contributed by atoms with Gasteiger partial charge in [0.2, 0.25) is 0 Å². The zero-order valence-electron chi connectivity index (χ0n) is 19.1. The van der Waals surface area contributed by atoms with Gasteiger partial charge < -0.3 is 4.57 Å². The number of carbonyl (C=O) groups excluding carboxylic acids is 2. The summed E-state index contributed by atoms with van der Waals surface area (Å²) in [5.74, 6) is -0.243. The molecule has 170 valence electrons. The minimum absolute atomic E-state index is 0.234. The molecule has 2 heterocycles. The highest BCUT2D eigenvalue weighted by molar-refractivity contribution is 9.10. The average molecular weight is 531 g/mol. The van der Waals surface area contributed by atoms with E-state index in [0.29, 0.717) is 4.91 Å². The Morgan fingerprint density at radius 2 is 1.68 bits per heavy atom. The fraction of sp³-hybridized carbons (Fsp3) is 0.143. The van der Waals surface area contributed by atoms with Gasteiger partial charge in [-0.05, 0) is 96.4 Å². The summed E-state index contributed by atoms with van der Waals surface area (Å²) in [5.41, 5.74) is 6.20. The van der Waals surface area contributed by atoms with Crippen molar-refractivity contribution in [3.05, 3.63) is 104 Å². The van der Waals surface area contributed by atoms with Gasteiger partial charge in [-0.2, -0.15) is 0 Å². The number of aromatic nitrogens is 1. The summed E-state index contributed by atoms with van der Waals surface area (Å²) in [6.45, 7) is 6.42. The smallest absolute Gasteiger partial charge is 0.293 e. The molecule has 0 aliphatic carbocycles.